The van der Waals surface area contributed by atoms with Crippen LogP contribution in [-0.2, 0) is 16.6 Å². The maximum atomic E-state index is 12.1. The van der Waals surface area contributed by atoms with Crippen molar-refractivity contribution in [2.24, 2.45) is 5.73 Å². The van der Waals surface area contributed by atoms with Gasteiger partial charge in [0.05, 0.1) is 11.4 Å². The van der Waals surface area contributed by atoms with Crippen molar-refractivity contribution in [3.63, 3.8) is 0 Å². The maximum Gasteiger partial charge on any atom is 0.240 e. The summed E-state index contributed by atoms with van der Waals surface area (Å²) in [6, 6.07) is 7.87. The van der Waals surface area contributed by atoms with Crippen LogP contribution in [0, 0.1) is 11.8 Å². The van der Waals surface area contributed by atoms with Crippen molar-refractivity contribution in [3.8, 4) is 11.8 Å². The van der Waals surface area contributed by atoms with Gasteiger partial charge < -0.3 is 5.73 Å². The highest BCUT2D eigenvalue weighted by Crippen LogP contribution is 2.17. The van der Waals surface area contributed by atoms with Crippen LogP contribution in [0.25, 0.3) is 0 Å². The number of hydrogen-bond acceptors (Lipinski definition) is 4. The minimum Gasteiger partial charge on any atom is -0.320 e. The second-order valence-corrected chi connectivity index (χ2v) is 7.29. The quantitative estimate of drug-likeness (QED) is 0.838. The molecule has 0 unspecified atom stereocenters. The lowest BCUT2D eigenvalue weighted by Gasteiger charge is -2.05. The Morgan fingerprint density at radius 1 is 1.29 bits per heavy atom. The molecule has 2 rings (SSSR count). The zero-order valence-electron chi connectivity index (χ0n) is 11.0. The van der Waals surface area contributed by atoms with E-state index < -0.39 is 10.0 Å². The Kier molecular flexibility index (Phi) is 5.39. The van der Waals surface area contributed by atoms with E-state index in [1.54, 1.807) is 12.1 Å². The summed E-state index contributed by atoms with van der Waals surface area (Å²) in [7, 11) is -3.54. The van der Waals surface area contributed by atoms with Crippen molar-refractivity contribution in [1.29, 1.82) is 0 Å². The number of nitrogens with one attached hydrogen (secondary N) is 1. The summed E-state index contributed by atoms with van der Waals surface area (Å²) in [5.41, 5.74) is 6.14. The summed E-state index contributed by atoms with van der Waals surface area (Å²) in [4.78, 5) is 1.07. The van der Waals surface area contributed by atoms with Gasteiger partial charge in [-0.1, -0.05) is 23.4 Å². The first-order valence-electron chi connectivity index (χ1n) is 6.03. The van der Waals surface area contributed by atoms with Gasteiger partial charge in [0.25, 0.3) is 0 Å². The third kappa shape index (κ3) is 4.56. The average molecular weight is 341 g/mol. The largest absolute Gasteiger partial charge is 0.320 e. The van der Waals surface area contributed by atoms with Crippen molar-refractivity contribution in [2.75, 3.05) is 6.54 Å². The Hall–Kier alpha value is -1.36. The van der Waals surface area contributed by atoms with Crippen LogP contribution in [0.2, 0.25) is 5.02 Å². The molecule has 1 heterocycles. The topological polar surface area (TPSA) is 72.2 Å². The Bertz CT molecular complexity index is 771. The highest BCUT2D eigenvalue weighted by Gasteiger charge is 2.13. The smallest absolute Gasteiger partial charge is 0.240 e. The predicted octanol–water partition coefficient (Wildman–Crippen LogP) is 2.19. The van der Waals surface area contributed by atoms with E-state index in [2.05, 4.69) is 16.6 Å². The summed E-state index contributed by atoms with van der Waals surface area (Å²) in [5, 5.41) is 2.37. The van der Waals surface area contributed by atoms with Crippen LogP contribution in [0.15, 0.2) is 40.6 Å². The summed E-state index contributed by atoms with van der Waals surface area (Å²) in [6.45, 7) is 0.522. The van der Waals surface area contributed by atoms with E-state index in [4.69, 9.17) is 17.3 Å². The van der Waals surface area contributed by atoms with E-state index in [1.807, 2.05) is 11.4 Å². The molecule has 0 fully saturated rings. The molecule has 0 saturated heterocycles. The molecule has 0 aliphatic heterocycles. The van der Waals surface area contributed by atoms with Crippen molar-refractivity contribution in [3.05, 3.63) is 51.2 Å². The molecule has 1 aromatic heterocycles. The average Bonchev–Trinajstić information content (AvgIpc) is 2.91. The van der Waals surface area contributed by atoms with Crippen LogP contribution in [0.5, 0.6) is 0 Å². The minimum absolute atomic E-state index is 0.187. The molecule has 0 bridgehead atoms. The van der Waals surface area contributed by atoms with Gasteiger partial charge in [0, 0.05) is 27.4 Å². The van der Waals surface area contributed by atoms with Crippen molar-refractivity contribution in [2.45, 2.75) is 11.4 Å². The van der Waals surface area contributed by atoms with Gasteiger partial charge >= 0.3 is 0 Å². The molecule has 2 aromatic rings. The van der Waals surface area contributed by atoms with E-state index in [0.717, 1.165) is 10.4 Å². The van der Waals surface area contributed by atoms with Crippen LogP contribution in [0.3, 0.4) is 0 Å². The summed E-state index contributed by atoms with van der Waals surface area (Å²) in [6.07, 6.45) is 0. The molecule has 0 atom stereocenters. The molecular formula is C14H13ClN2O2S2. The molecule has 4 nitrogen and oxygen atoms in total. The van der Waals surface area contributed by atoms with Crippen molar-refractivity contribution < 1.29 is 8.42 Å². The molecule has 0 aliphatic carbocycles. The Morgan fingerprint density at radius 3 is 2.67 bits per heavy atom. The molecule has 1 aromatic carbocycles. The van der Waals surface area contributed by atoms with E-state index >= 15 is 0 Å². The standard InChI is InChI=1S/C14H13ClN2O2S2/c15-12-3-5-14(6-4-12)21(18,19)17-9-13-8-11(10-20-13)2-1-7-16/h3-6,8,10,17H,7,9,16H2. The van der Waals surface area contributed by atoms with Crippen LogP contribution < -0.4 is 10.5 Å². The molecule has 0 spiro atoms. The lowest BCUT2D eigenvalue weighted by molar-refractivity contribution is 0.582. The Morgan fingerprint density at radius 2 is 2.00 bits per heavy atom. The fraction of sp³-hybridized carbons (Fsp3) is 0.143. The van der Waals surface area contributed by atoms with Crippen LogP contribution >= 0.6 is 22.9 Å². The molecule has 0 amide bonds. The second-order valence-electron chi connectivity index (χ2n) is 4.09. The number of rotatable bonds is 4. The number of halogens is 1. The third-order valence-corrected chi connectivity index (χ3v) is 5.15. The van der Waals surface area contributed by atoms with Crippen LogP contribution in [0.1, 0.15) is 10.4 Å². The summed E-state index contributed by atoms with van der Waals surface area (Å²) < 4.78 is 26.8. The number of benzene rings is 1. The van der Waals surface area contributed by atoms with Gasteiger partial charge in [0.15, 0.2) is 0 Å². The number of hydrogen-bond donors (Lipinski definition) is 2. The molecule has 0 radical (unpaired) electrons. The van der Waals surface area contributed by atoms with E-state index in [0.29, 0.717) is 11.6 Å². The molecule has 3 N–H and O–H groups in total. The first kappa shape index (κ1) is 16.0. The van der Waals surface area contributed by atoms with Gasteiger partial charge in [-0.05, 0) is 30.3 Å². The summed E-state index contributed by atoms with van der Waals surface area (Å²) >= 11 is 7.19. The van der Waals surface area contributed by atoms with Crippen LogP contribution in [0.4, 0.5) is 0 Å². The first-order valence-corrected chi connectivity index (χ1v) is 8.77. The highest BCUT2D eigenvalue weighted by molar-refractivity contribution is 7.89. The summed E-state index contributed by atoms with van der Waals surface area (Å²) in [5.74, 6) is 5.66. The third-order valence-electron chi connectivity index (χ3n) is 2.55. The predicted molar refractivity (Wildman–Crippen MR) is 85.7 cm³/mol. The molecule has 110 valence electrons. The van der Waals surface area contributed by atoms with Gasteiger partial charge in [0.2, 0.25) is 10.0 Å². The Labute approximate surface area is 133 Å². The van der Waals surface area contributed by atoms with Gasteiger partial charge in [-0.25, -0.2) is 13.1 Å². The zero-order chi connectivity index (χ0) is 15.3. The number of sulfonamides is 1. The van der Waals surface area contributed by atoms with Gasteiger partial charge in [-0.15, -0.1) is 11.3 Å². The van der Waals surface area contributed by atoms with Gasteiger partial charge in [-0.3, -0.25) is 0 Å². The zero-order valence-corrected chi connectivity index (χ0v) is 13.4. The lowest BCUT2D eigenvalue weighted by Crippen LogP contribution is -2.22. The number of thiophene rings is 1. The molecular weight excluding hydrogens is 328 g/mol. The van der Waals surface area contributed by atoms with E-state index in [9.17, 15) is 8.42 Å². The fourth-order valence-corrected chi connectivity index (χ4v) is 3.53. The molecule has 0 saturated carbocycles. The highest BCUT2D eigenvalue weighted by atomic mass is 35.5. The van der Waals surface area contributed by atoms with Crippen LogP contribution in [-0.4, -0.2) is 15.0 Å². The second kappa shape index (κ2) is 7.07. The van der Waals surface area contributed by atoms with Gasteiger partial charge in [-0.2, -0.15) is 0 Å². The molecule has 7 heteroatoms. The fourth-order valence-electron chi connectivity index (χ4n) is 1.56. The monoisotopic (exact) mass is 340 g/mol. The van der Waals surface area contributed by atoms with Gasteiger partial charge in [0.1, 0.15) is 0 Å². The minimum atomic E-state index is -3.54. The van der Waals surface area contributed by atoms with E-state index in [-0.39, 0.29) is 11.4 Å². The molecule has 21 heavy (non-hydrogen) atoms. The normalized spacial score (nSPS) is 11.0. The molecule has 0 aliphatic rings. The van der Waals surface area contributed by atoms with Crippen molar-refractivity contribution in [1.82, 2.24) is 4.72 Å². The Balaban J connectivity index is 2.05. The lowest BCUT2D eigenvalue weighted by atomic mass is 10.3. The maximum absolute atomic E-state index is 12.1. The first-order chi connectivity index (χ1) is 10.0. The SMILES string of the molecule is NCC#Cc1csc(CNS(=O)(=O)c2ccc(Cl)cc2)c1. The number of nitrogens with two attached hydrogens (primary N) is 1. The van der Waals surface area contributed by atoms with E-state index in [1.165, 1.54) is 23.5 Å². The van der Waals surface area contributed by atoms with Crippen molar-refractivity contribution >= 4 is 33.0 Å².